The molecule has 1 saturated carbocycles. The Bertz CT molecular complexity index is 579. The molecule has 5 nitrogen and oxygen atoms in total. The fraction of sp³-hybridized carbons (Fsp3) is 0.467. The lowest BCUT2D eigenvalue weighted by Crippen LogP contribution is -2.37. The number of benzene rings is 1. The molecule has 1 unspecified atom stereocenters. The molecule has 1 aromatic carbocycles. The van der Waals surface area contributed by atoms with Gasteiger partial charge >= 0.3 is 5.97 Å². The molecule has 0 radical (unpaired) electrons. The van der Waals surface area contributed by atoms with E-state index in [0.29, 0.717) is 23.8 Å². The van der Waals surface area contributed by atoms with Crippen molar-refractivity contribution in [2.45, 2.75) is 38.6 Å². The summed E-state index contributed by atoms with van der Waals surface area (Å²) in [5.74, 6) is 0.0538. The minimum atomic E-state index is -0.343. The van der Waals surface area contributed by atoms with E-state index in [-0.39, 0.29) is 17.9 Å². The summed E-state index contributed by atoms with van der Waals surface area (Å²) in [5, 5.41) is 6.09. The minimum absolute atomic E-state index is 0.0831. The molecular weight excluding hydrogens is 256 g/mol. The van der Waals surface area contributed by atoms with Crippen molar-refractivity contribution in [3.63, 3.8) is 0 Å². The first-order valence-corrected chi connectivity index (χ1v) is 7.02. The average molecular weight is 274 g/mol. The van der Waals surface area contributed by atoms with E-state index in [1.165, 1.54) is 0 Å². The lowest BCUT2D eigenvalue weighted by Gasteiger charge is -2.27. The van der Waals surface area contributed by atoms with Crippen LogP contribution in [0.4, 0.5) is 11.4 Å². The first-order chi connectivity index (χ1) is 9.60. The molecule has 1 fully saturated rings. The summed E-state index contributed by atoms with van der Waals surface area (Å²) >= 11 is 0. The molecule has 0 spiro atoms. The number of carbonyl (C=O) groups excluding carboxylic acids is 2. The van der Waals surface area contributed by atoms with Gasteiger partial charge in [0, 0.05) is 0 Å². The third kappa shape index (κ3) is 2.24. The normalized spacial score (nSPS) is 20.7. The van der Waals surface area contributed by atoms with Gasteiger partial charge in [-0.05, 0) is 50.3 Å². The zero-order chi connectivity index (χ0) is 14.3. The van der Waals surface area contributed by atoms with Crippen LogP contribution in [0.5, 0.6) is 0 Å². The summed E-state index contributed by atoms with van der Waals surface area (Å²) in [6, 6.07) is 3.33. The molecule has 2 aliphatic rings. The zero-order valence-electron chi connectivity index (χ0n) is 11.7. The number of carbonyl (C=O) groups is 2. The van der Waals surface area contributed by atoms with Gasteiger partial charge in [-0.3, -0.25) is 4.79 Å². The summed E-state index contributed by atoms with van der Waals surface area (Å²) in [6.45, 7) is 3.95. The summed E-state index contributed by atoms with van der Waals surface area (Å²) in [5.41, 5.74) is 3.25. The van der Waals surface area contributed by atoms with Gasteiger partial charge in [0.1, 0.15) is 6.04 Å². The molecular formula is C15H18N2O3. The molecule has 1 heterocycles. The quantitative estimate of drug-likeness (QED) is 0.831. The maximum Gasteiger partial charge on any atom is 0.338 e. The predicted octanol–water partition coefficient (Wildman–Crippen LogP) is 2.49. The summed E-state index contributed by atoms with van der Waals surface area (Å²) in [4.78, 5) is 23.7. The monoisotopic (exact) mass is 274 g/mol. The molecule has 106 valence electrons. The lowest BCUT2D eigenvalue weighted by atomic mass is 10.00. The lowest BCUT2D eigenvalue weighted by molar-refractivity contribution is -0.116. The van der Waals surface area contributed by atoms with Crippen LogP contribution < -0.4 is 10.6 Å². The first kappa shape index (κ1) is 13.0. The molecule has 1 aliphatic carbocycles. The van der Waals surface area contributed by atoms with E-state index in [2.05, 4.69) is 10.6 Å². The molecule has 1 aliphatic heterocycles. The Morgan fingerprint density at radius 2 is 2.15 bits per heavy atom. The standard InChI is InChI=1S/C15H18N2O3/c1-3-20-15(19)10-6-11(9-4-5-9)13-12(7-10)17-14(18)8(2)16-13/h6-9,16H,3-5H2,1-2H3,(H,17,18). The van der Waals surface area contributed by atoms with Crippen molar-refractivity contribution in [1.29, 1.82) is 0 Å². The van der Waals surface area contributed by atoms with Gasteiger partial charge in [-0.25, -0.2) is 4.79 Å². The molecule has 20 heavy (non-hydrogen) atoms. The summed E-state index contributed by atoms with van der Waals surface area (Å²) in [6.07, 6.45) is 2.26. The molecule has 0 bridgehead atoms. The van der Waals surface area contributed by atoms with Gasteiger partial charge < -0.3 is 15.4 Å². The van der Waals surface area contributed by atoms with E-state index in [1.54, 1.807) is 13.0 Å². The molecule has 5 heteroatoms. The van der Waals surface area contributed by atoms with Crippen LogP contribution in [-0.4, -0.2) is 24.5 Å². The first-order valence-electron chi connectivity index (χ1n) is 7.02. The van der Waals surface area contributed by atoms with E-state index in [1.807, 2.05) is 13.0 Å². The van der Waals surface area contributed by atoms with Crippen molar-refractivity contribution < 1.29 is 14.3 Å². The van der Waals surface area contributed by atoms with Gasteiger partial charge in [0.25, 0.3) is 0 Å². The van der Waals surface area contributed by atoms with Gasteiger partial charge in [-0.15, -0.1) is 0 Å². The Kier molecular flexibility index (Phi) is 3.12. The van der Waals surface area contributed by atoms with Crippen molar-refractivity contribution >= 4 is 23.3 Å². The van der Waals surface area contributed by atoms with Crippen LogP contribution in [0.1, 0.15) is 48.5 Å². The van der Waals surface area contributed by atoms with Crippen LogP contribution >= 0.6 is 0 Å². The van der Waals surface area contributed by atoms with Crippen molar-refractivity contribution in [1.82, 2.24) is 0 Å². The highest BCUT2D eigenvalue weighted by atomic mass is 16.5. The van der Waals surface area contributed by atoms with Gasteiger partial charge in [0.2, 0.25) is 5.91 Å². The SMILES string of the molecule is CCOC(=O)c1cc2c(c(C3CC3)c1)NC(C)C(=O)N2. The smallest absolute Gasteiger partial charge is 0.338 e. The van der Waals surface area contributed by atoms with Crippen LogP contribution in [0, 0.1) is 0 Å². The number of hydrogen-bond acceptors (Lipinski definition) is 4. The largest absolute Gasteiger partial charge is 0.462 e. The number of amides is 1. The maximum absolute atomic E-state index is 11.9. The molecule has 0 aromatic heterocycles. The molecule has 3 rings (SSSR count). The summed E-state index contributed by atoms with van der Waals surface area (Å²) < 4.78 is 5.05. The topological polar surface area (TPSA) is 67.4 Å². The van der Waals surface area contributed by atoms with E-state index < -0.39 is 0 Å². The molecule has 1 aromatic rings. The van der Waals surface area contributed by atoms with Gasteiger partial charge in [-0.2, -0.15) is 0 Å². The minimum Gasteiger partial charge on any atom is -0.462 e. The fourth-order valence-electron chi connectivity index (χ4n) is 2.50. The van der Waals surface area contributed by atoms with Crippen LogP contribution in [0.25, 0.3) is 0 Å². The average Bonchev–Trinajstić information content (AvgIpc) is 3.23. The van der Waals surface area contributed by atoms with Crippen LogP contribution in [0.15, 0.2) is 12.1 Å². The second-order valence-corrected chi connectivity index (χ2v) is 5.34. The Labute approximate surface area is 117 Å². The highest BCUT2D eigenvalue weighted by Gasteiger charge is 2.32. The summed E-state index contributed by atoms with van der Waals surface area (Å²) in [7, 11) is 0. The molecule has 1 amide bonds. The number of hydrogen-bond donors (Lipinski definition) is 2. The predicted molar refractivity (Wildman–Crippen MR) is 76.1 cm³/mol. The third-order valence-corrected chi connectivity index (χ3v) is 3.71. The van der Waals surface area contributed by atoms with Crippen LogP contribution in [0.3, 0.4) is 0 Å². The fourth-order valence-corrected chi connectivity index (χ4v) is 2.50. The second-order valence-electron chi connectivity index (χ2n) is 5.34. The van der Waals surface area contributed by atoms with E-state index in [0.717, 1.165) is 24.1 Å². The van der Waals surface area contributed by atoms with Crippen molar-refractivity contribution in [2.75, 3.05) is 17.2 Å². The molecule has 2 N–H and O–H groups in total. The Hall–Kier alpha value is -2.04. The van der Waals surface area contributed by atoms with E-state index >= 15 is 0 Å². The molecule has 0 saturated heterocycles. The Morgan fingerprint density at radius 3 is 2.80 bits per heavy atom. The van der Waals surface area contributed by atoms with Crippen molar-refractivity contribution in [3.8, 4) is 0 Å². The number of anilines is 2. The van der Waals surface area contributed by atoms with Crippen LogP contribution in [0.2, 0.25) is 0 Å². The van der Waals surface area contributed by atoms with Crippen LogP contribution in [-0.2, 0) is 9.53 Å². The second kappa shape index (κ2) is 4.81. The Morgan fingerprint density at radius 1 is 1.40 bits per heavy atom. The zero-order valence-corrected chi connectivity index (χ0v) is 11.7. The van der Waals surface area contributed by atoms with Gasteiger partial charge in [0.15, 0.2) is 0 Å². The van der Waals surface area contributed by atoms with E-state index in [9.17, 15) is 9.59 Å². The number of fused-ring (bicyclic) bond motifs is 1. The third-order valence-electron chi connectivity index (χ3n) is 3.71. The number of ether oxygens (including phenoxy) is 1. The maximum atomic E-state index is 11.9. The number of rotatable bonds is 3. The van der Waals surface area contributed by atoms with Crippen molar-refractivity contribution in [2.24, 2.45) is 0 Å². The van der Waals surface area contributed by atoms with Gasteiger partial charge in [0.05, 0.1) is 23.5 Å². The van der Waals surface area contributed by atoms with Crippen molar-refractivity contribution in [3.05, 3.63) is 23.3 Å². The Balaban J connectivity index is 2.04. The molecule has 1 atom stereocenters. The number of nitrogens with one attached hydrogen (secondary N) is 2. The van der Waals surface area contributed by atoms with Gasteiger partial charge in [-0.1, -0.05) is 0 Å². The highest BCUT2D eigenvalue weighted by Crippen LogP contribution is 2.47. The highest BCUT2D eigenvalue weighted by molar-refractivity contribution is 6.05. The van der Waals surface area contributed by atoms with E-state index in [4.69, 9.17) is 4.74 Å². The number of esters is 1.